The van der Waals surface area contributed by atoms with Gasteiger partial charge in [0.15, 0.2) is 5.34 Å². The van der Waals surface area contributed by atoms with E-state index in [0.717, 1.165) is 0 Å². The largest absolute Gasteiger partial charge is 0.387 e. The molecule has 0 aromatic carbocycles. The molecule has 1 aliphatic heterocycles. The van der Waals surface area contributed by atoms with E-state index < -0.39 is 42.9 Å². The highest BCUT2D eigenvalue weighted by Crippen LogP contribution is 2.59. The smallest absolute Gasteiger partial charge is 0.359 e. The maximum atomic E-state index is 13.5. The first kappa shape index (κ1) is 20.1. The van der Waals surface area contributed by atoms with E-state index in [1.807, 2.05) is 0 Å². The molecule has 1 fully saturated rings. The molecule has 3 N–H and O–H groups in total. The van der Waals surface area contributed by atoms with Gasteiger partial charge in [0.2, 0.25) is 0 Å². The molecule has 0 aromatic rings. The number of halogens is 1. The Balaban J connectivity index is 2.87. The SMILES string of the molecule is [B][C@@H]1O[C@H](CC(C)(CC)OP(=O)(O)C(C)(O)CC)C(O)[C@H]1F. The third kappa shape index (κ3) is 4.10. The van der Waals surface area contributed by atoms with E-state index in [4.69, 9.17) is 17.1 Å². The Morgan fingerprint density at radius 3 is 2.27 bits per heavy atom. The Bertz CT molecular complexity index is 437. The van der Waals surface area contributed by atoms with Gasteiger partial charge in [-0.05, 0) is 26.7 Å². The summed E-state index contributed by atoms with van der Waals surface area (Å²) >= 11 is 0. The van der Waals surface area contributed by atoms with Crippen LogP contribution in [0, 0.1) is 0 Å². The van der Waals surface area contributed by atoms with Crippen molar-refractivity contribution >= 4 is 15.4 Å². The normalized spacial score (nSPS) is 37.3. The summed E-state index contributed by atoms with van der Waals surface area (Å²) in [6.07, 6.45) is -3.78. The lowest BCUT2D eigenvalue weighted by molar-refractivity contribution is -0.0433. The van der Waals surface area contributed by atoms with E-state index in [2.05, 4.69) is 0 Å². The summed E-state index contributed by atoms with van der Waals surface area (Å²) in [5.74, 6) is 0. The van der Waals surface area contributed by atoms with Crippen LogP contribution in [0.4, 0.5) is 4.39 Å². The van der Waals surface area contributed by atoms with Crippen molar-refractivity contribution in [3.63, 3.8) is 0 Å². The first-order valence-electron chi connectivity index (χ1n) is 7.38. The van der Waals surface area contributed by atoms with Crippen molar-refractivity contribution in [2.45, 2.75) is 82.3 Å². The predicted octanol–water partition coefficient (Wildman–Crippen LogP) is 1.46. The van der Waals surface area contributed by atoms with Crippen molar-refractivity contribution < 1.29 is 33.3 Å². The topological polar surface area (TPSA) is 96.2 Å². The van der Waals surface area contributed by atoms with Crippen LogP contribution in [-0.4, -0.2) is 58.3 Å². The highest BCUT2D eigenvalue weighted by molar-refractivity contribution is 7.54. The molecule has 0 spiro atoms. The van der Waals surface area contributed by atoms with Crippen LogP contribution in [0.1, 0.15) is 47.0 Å². The van der Waals surface area contributed by atoms with Crippen LogP contribution in [0.5, 0.6) is 0 Å². The van der Waals surface area contributed by atoms with E-state index in [9.17, 15) is 24.1 Å². The summed E-state index contributed by atoms with van der Waals surface area (Å²) in [7, 11) is 1.05. The molecule has 0 bridgehead atoms. The van der Waals surface area contributed by atoms with E-state index in [1.165, 1.54) is 6.92 Å². The van der Waals surface area contributed by atoms with E-state index in [1.54, 1.807) is 20.8 Å². The monoisotopic (exact) mass is 338 g/mol. The van der Waals surface area contributed by atoms with Crippen molar-refractivity contribution in [1.82, 2.24) is 0 Å². The second kappa shape index (κ2) is 6.87. The molecule has 22 heavy (non-hydrogen) atoms. The van der Waals surface area contributed by atoms with Crippen LogP contribution < -0.4 is 0 Å². The Morgan fingerprint density at radius 2 is 1.91 bits per heavy atom. The van der Waals surface area contributed by atoms with Gasteiger partial charge in [0.25, 0.3) is 0 Å². The van der Waals surface area contributed by atoms with Crippen LogP contribution in [0.15, 0.2) is 0 Å². The second-order valence-electron chi connectivity index (χ2n) is 6.26. The summed E-state index contributed by atoms with van der Waals surface area (Å²) in [4.78, 5) is 10.0. The van der Waals surface area contributed by atoms with Crippen LogP contribution in [-0.2, 0) is 13.8 Å². The number of aliphatic hydroxyl groups excluding tert-OH is 1. The Hall–Kier alpha value is 0.0249. The van der Waals surface area contributed by atoms with Crippen molar-refractivity contribution in [2.75, 3.05) is 0 Å². The van der Waals surface area contributed by atoms with Gasteiger partial charge in [-0.2, -0.15) is 0 Å². The zero-order chi connectivity index (χ0) is 17.3. The number of rotatable bonds is 7. The van der Waals surface area contributed by atoms with Gasteiger partial charge in [-0.15, -0.1) is 0 Å². The first-order valence-corrected chi connectivity index (χ1v) is 8.96. The molecular weight excluding hydrogens is 313 g/mol. The highest BCUT2D eigenvalue weighted by Gasteiger charge is 2.49. The van der Waals surface area contributed by atoms with Gasteiger partial charge in [-0.25, -0.2) is 4.39 Å². The quantitative estimate of drug-likeness (QED) is 0.480. The minimum Gasteiger partial charge on any atom is -0.387 e. The lowest BCUT2D eigenvalue weighted by Gasteiger charge is -2.37. The van der Waals surface area contributed by atoms with E-state index in [0.29, 0.717) is 6.42 Å². The molecule has 0 saturated carbocycles. The van der Waals surface area contributed by atoms with E-state index in [-0.39, 0.29) is 12.8 Å². The summed E-state index contributed by atoms with van der Waals surface area (Å²) in [6.45, 7) is 6.05. The van der Waals surface area contributed by atoms with Gasteiger partial charge >= 0.3 is 7.60 Å². The van der Waals surface area contributed by atoms with Crippen molar-refractivity contribution in [1.29, 1.82) is 0 Å². The van der Waals surface area contributed by atoms with Crippen LogP contribution in [0.25, 0.3) is 0 Å². The fourth-order valence-corrected chi connectivity index (χ4v) is 3.59. The Kier molecular flexibility index (Phi) is 6.27. The molecule has 1 heterocycles. The molecule has 6 nitrogen and oxygen atoms in total. The molecular formula is C13H25BFO6P. The molecule has 9 heteroatoms. The standard InChI is InChI=1S/C13H25BFO6P/c1-5-12(3,21-22(18,19)13(4,17)6-2)7-8-10(16)9(15)11(14)20-8/h8-11,16-17H,5-7H2,1-4H3,(H,18,19)/t8-,9-,10?,11-,12?,13?/m1/s1. The second-order valence-corrected chi connectivity index (χ2v) is 8.45. The van der Waals surface area contributed by atoms with Crippen molar-refractivity contribution in [2.24, 2.45) is 0 Å². The average molecular weight is 338 g/mol. The highest BCUT2D eigenvalue weighted by atomic mass is 31.2. The molecule has 128 valence electrons. The lowest BCUT2D eigenvalue weighted by atomic mass is 9.90. The summed E-state index contributed by atoms with van der Waals surface area (Å²) in [5.41, 5.74) is -1.18. The van der Waals surface area contributed by atoms with Gasteiger partial charge in [0.1, 0.15) is 20.1 Å². The molecule has 1 saturated heterocycles. The number of aliphatic hydroxyl groups is 2. The van der Waals surface area contributed by atoms with Gasteiger partial charge in [0, 0.05) is 6.42 Å². The summed E-state index contributed by atoms with van der Waals surface area (Å²) in [6, 6.07) is -1.24. The van der Waals surface area contributed by atoms with Gasteiger partial charge in [0.05, 0.1) is 17.7 Å². The maximum Gasteiger partial charge on any atom is 0.359 e. The number of ether oxygens (including phenoxy) is 1. The zero-order valence-electron chi connectivity index (χ0n) is 13.4. The molecule has 2 radical (unpaired) electrons. The molecule has 0 amide bonds. The number of alkyl halides is 1. The molecule has 0 aliphatic carbocycles. The van der Waals surface area contributed by atoms with Crippen molar-refractivity contribution in [3.8, 4) is 0 Å². The predicted molar refractivity (Wildman–Crippen MR) is 80.5 cm³/mol. The minimum atomic E-state index is -4.35. The van der Waals surface area contributed by atoms with Crippen molar-refractivity contribution in [3.05, 3.63) is 0 Å². The van der Waals surface area contributed by atoms with Crippen LogP contribution >= 0.6 is 7.60 Å². The summed E-state index contributed by atoms with van der Waals surface area (Å²) < 4.78 is 36.3. The molecule has 4 unspecified atom stereocenters. The fourth-order valence-electron chi connectivity index (χ4n) is 2.19. The zero-order valence-corrected chi connectivity index (χ0v) is 14.3. The van der Waals surface area contributed by atoms with E-state index >= 15 is 0 Å². The van der Waals surface area contributed by atoms with Crippen LogP contribution in [0.2, 0.25) is 0 Å². The average Bonchev–Trinajstić information content (AvgIpc) is 2.65. The molecule has 7 atom stereocenters. The molecule has 1 rings (SSSR count). The number of hydrogen-bond donors (Lipinski definition) is 3. The maximum absolute atomic E-state index is 13.5. The van der Waals surface area contributed by atoms with Crippen LogP contribution in [0.3, 0.4) is 0 Å². The first-order chi connectivity index (χ1) is 9.89. The fraction of sp³-hybridized carbons (Fsp3) is 1.00. The lowest BCUT2D eigenvalue weighted by Crippen LogP contribution is -2.39. The van der Waals surface area contributed by atoms with Gasteiger partial charge in [-0.1, -0.05) is 13.8 Å². The Labute approximate surface area is 132 Å². The Morgan fingerprint density at radius 1 is 1.36 bits per heavy atom. The minimum absolute atomic E-state index is 0.0247. The molecule has 1 aliphatic rings. The summed E-state index contributed by atoms with van der Waals surface area (Å²) in [5, 5.41) is 17.9. The third-order valence-electron chi connectivity index (χ3n) is 4.36. The van der Waals surface area contributed by atoms with Gasteiger partial charge in [-0.3, -0.25) is 4.57 Å². The number of hydrogen-bond acceptors (Lipinski definition) is 5. The molecule has 0 aromatic heterocycles. The van der Waals surface area contributed by atoms with Gasteiger partial charge < -0.3 is 24.4 Å². The third-order valence-corrected chi connectivity index (χ3v) is 6.58.